The van der Waals surface area contributed by atoms with Crippen molar-refractivity contribution in [3.8, 4) is 11.1 Å². The molecule has 8 nitrogen and oxygen atoms in total. The molecule has 6 rings (SSSR count). The second kappa shape index (κ2) is 10.0. The molecule has 1 amide bonds. The molecule has 1 saturated carbocycles. The number of rotatable bonds is 8. The predicted molar refractivity (Wildman–Crippen MR) is 157 cm³/mol. The third-order valence-electron chi connectivity index (χ3n) is 8.96. The van der Waals surface area contributed by atoms with Gasteiger partial charge in [0, 0.05) is 42.7 Å². The molecule has 3 atom stereocenters. The van der Waals surface area contributed by atoms with E-state index < -0.39 is 6.04 Å². The van der Waals surface area contributed by atoms with Gasteiger partial charge >= 0.3 is 0 Å². The van der Waals surface area contributed by atoms with Crippen LogP contribution in [-0.2, 0) is 22.6 Å². The average molecular weight is 550 g/mol. The maximum absolute atomic E-state index is 13.9. The summed E-state index contributed by atoms with van der Waals surface area (Å²) in [6.45, 7) is 9.49. The molecule has 2 aromatic carbocycles. The van der Waals surface area contributed by atoms with E-state index >= 15 is 0 Å². The average Bonchev–Trinajstić information content (AvgIpc) is 3.29. The SMILES string of the molecule is CC(=O)c1nn(CC(=O)N2[C@H](C(=O)CCc3ccccc3C)C[C@@]3(C)C[C@@H]23)c2c(C)cc(-c3cnc(C)nc3)cc12. The molecule has 0 N–H and O–H groups in total. The highest BCUT2D eigenvalue weighted by atomic mass is 16.2. The highest BCUT2D eigenvalue weighted by molar-refractivity contribution is 6.07. The number of hydrogen-bond donors (Lipinski definition) is 0. The monoisotopic (exact) mass is 549 g/mol. The summed E-state index contributed by atoms with van der Waals surface area (Å²) in [7, 11) is 0. The van der Waals surface area contributed by atoms with E-state index in [2.05, 4.69) is 41.0 Å². The van der Waals surface area contributed by atoms with Crippen LogP contribution < -0.4 is 0 Å². The molecule has 1 saturated heterocycles. The minimum absolute atomic E-state index is 0.00366. The zero-order valence-electron chi connectivity index (χ0n) is 24.3. The van der Waals surface area contributed by atoms with Crippen LogP contribution in [-0.4, -0.2) is 54.2 Å². The first-order valence-electron chi connectivity index (χ1n) is 14.3. The standard InChI is InChI=1S/C33H35N5O3/c1-19-8-6-7-9-23(19)10-11-28(40)27-14-33(5)15-29(33)38(27)30(41)18-37-32-20(2)12-24(25-16-34-22(4)35-17-25)13-26(32)31(36-37)21(3)39/h6-9,12-13,16-17,27,29H,10-11,14-15,18H2,1-5H3/t27-,29+,33-/m0/s1. The van der Waals surface area contributed by atoms with Crippen LogP contribution in [0.2, 0.25) is 0 Å². The number of piperidine rings is 1. The second-order valence-electron chi connectivity index (χ2n) is 12.1. The van der Waals surface area contributed by atoms with Gasteiger partial charge < -0.3 is 4.90 Å². The van der Waals surface area contributed by atoms with Crippen LogP contribution in [0.15, 0.2) is 48.8 Å². The van der Waals surface area contributed by atoms with Crippen molar-refractivity contribution in [2.24, 2.45) is 5.41 Å². The minimum atomic E-state index is -0.418. The van der Waals surface area contributed by atoms with Gasteiger partial charge in [-0.05, 0) is 79.8 Å². The van der Waals surface area contributed by atoms with Crippen LogP contribution >= 0.6 is 0 Å². The van der Waals surface area contributed by atoms with Gasteiger partial charge in [0.1, 0.15) is 18.1 Å². The van der Waals surface area contributed by atoms with E-state index in [0.29, 0.717) is 36.2 Å². The van der Waals surface area contributed by atoms with E-state index in [-0.39, 0.29) is 35.5 Å². The van der Waals surface area contributed by atoms with Crippen LogP contribution in [0.25, 0.3) is 22.0 Å². The second-order valence-corrected chi connectivity index (χ2v) is 12.1. The van der Waals surface area contributed by atoms with E-state index in [1.807, 2.05) is 43.0 Å². The number of nitrogens with zero attached hydrogens (tertiary/aromatic N) is 5. The smallest absolute Gasteiger partial charge is 0.245 e. The van der Waals surface area contributed by atoms with Crippen LogP contribution in [0.4, 0.5) is 0 Å². The zero-order valence-corrected chi connectivity index (χ0v) is 24.3. The first-order valence-corrected chi connectivity index (χ1v) is 14.3. The van der Waals surface area contributed by atoms with E-state index in [1.165, 1.54) is 18.1 Å². The van der Waals surface area contributed by atoms with Gasteiger partial charge in [-0.15, -0.1) is 0 Å². The van der Waals surface area contributed by atoms with Crippen LogP contribution in [0.5, 0.6) is 0 Å². The summed E-state index contributed by atoms with van der Waals surface area (Å²) in [5, 5.41) is 5.32. The lowest BCUT2D eigenvalue weighted by Gasteiger charge is -2.27. The molecule has 2 fully saturated rings. The molecule has 0 unspecified atom stereocenters. The topological polar surface area (TPSA) is 98.1 Å². The molecule has 210 valence electrons. The van der Waals surface area contributed by atoms with Gasteiger partial charge in [-0.1, -0.05) is 31.2 Å². The number of carbonyl (C=O) groups is 3. The predicted octanol–water partition coefficient (Wildman–Crippen LogP) is 5.20. The molecule has 4 aromatic rings. The summed E-state index contributed by atoms with van der Waals surface area (Å²) < 4.78 is 1.64. The lowest BCUT2D eigenvalue weighted by molar-refractivity contribution is -0.139. The molecule has 0 radical (unpaired) electrons. The van der Waals surface area contributed by atoms with Crippen molar-refractivity contribution in [2.45, 2.75) is 78.9 Å². The van der Waals surface area contributed by atoms with E-state index in [1.54, 1.807) is 17.1 Å². The van der Waals surface area contributed by atoms with Crippen LogP contribution in [0.1, 0.15) is 66.1 Å². The third-order valence-corrected chi connectivity index (χ3v) is 8.96. The molecule has 0 spiro atoms. The van der Waals surface area contributed by atoms with Crippen LogP contribution in [0.3, 0.4) is 0 Å². The lowest BCUT2D eigenvalue weighted by atomic mass is 9.95. The molecule has 1 aliphatic heterocycles. The summed E-state index contributed by atoms with van der Waals surface area (Å²) in [4.78, 5) is 50.5. The Morgan fingerprint density at radius 2 is 1.71 bits per heavy atom. The van der Waals surface area contributed by atoms with Gasteiger partial charge in [-0.2, -0.15) is 5.10 Å². The Morgan fingerprint density at radius 3 is 2.41 bits per heavy atom. The van der Waals surface area contributed by atoms with Crippen molar-refractivity contribution in [3.63, 3.8) is 0 Å². The number of amides is 1. The molecule has 2 aliphatic rings. The highest BCUT2D eigenvalue weighted by Gasteiger charge is 2.64. The van der Waals surface area contributed by atoms with Crippen molar-refractivity contribution < 1.29 is 14.4 Å². The summed E-state index contributed by atoms with van der Waals surface area (Å²) in [6, 6.07) is 11.7. The number of benzene rings is 2. The third kappa shape index (κ3) is 4.85. The first kappa shape index (κ1) is 27.0. The Bertz CT molecular complexity index is 1710. The quantitative estimate of drug-likeness (QED) is 0.280. The fourth-order valence-corrected chi connectivity index (χ4v) is 6.55. The molecular formula is C33H35N5O3. The van der Waals surface area contributed by atoms with Gasteiger partial charge in [0.05, 0.1) is 11.6 Å². The van der Waals surface area contributed by atoms with Crippen molar-refractivity contribution >= 4 is 28.4 Å². The number of hydrogen-bond acceptors (Lipinski definition) is 6. The van der Waals surface area contributed by atoms with Crippen molar-refractivity contribution in [3.05, 3.63) is 77.0 Å². The van der Waals surface area contributed by atoms with Gasteiger partial charge in [0.25, 0.3) is 0 Å². The van der Waals surface area contributed by atoms with E-state index in [9.17, 15) is 14.4 Å². The molecule has 8 heteroatoms. The lowest BCUT2D eigenvalue weighted by Crippen LogP contribution is -2.44. The van der Waals surface area contributed by atoms with Gasteiger partial charge in [-0.3, -0.25) is 19.1 Å². The van der Waals surface area contributed by atoms with E-state index in [4.69, 9.17) is 0 Å². The van der Waals surface area contributed by atoms with Crippen molar-refractivity contribution in [2.75, 3.05) is 0 Å². The number of aromatic nitrogens is 4. The number of aryl methyl sites for hydroxylation is 4. The molecule has 1 aliphatic carbocycles. The summed E-state index contributed by atoms with van der Waals surface area (Å²) in [5.74, 6) is 0.507. The Morgan fingerprint density at radius 1 is 0.976 bits per heavy atom. The number of ketones is 2. The summed E-state index contributed by atoms with van der Waals surface area (Å²) >= 11 is 0. The first-order chi connectivity index (χ1) is 19.6. The minimum Gasteiger partial charge on any atom is -0.327 e. The van der Waals surface area contributed by atoms with Gasteiger partial charge in [0.15, 0.2) is 11.6 Å². The van der Waals surface area contributed by atoms with Gasteiger partial charge in [0.2, 0.25) is 5.91 Å². The molecule has 41 heavy (non-hydrogen) atoms. The molecule has 0 bridgehead atoms. The number of Topliss-reactive ketones (excluding diaryl/α,β-unsaturated/α-hetero) is 2. The maximum atomic E-state index is 13.9. The highest BCUT2D eigenvalue weighted by Crippen LogP contribution is 2.59. The fraction of sp³-hybridized carbons (Fsp3) is 0.394. The summed E-state index contributed by atoms with van der Waals surface area (Å²) in [6.07, 6.45) is 6.23. The van der Waals surface area contributed by atoms with Crippen LogP contribution in [0, 0.1) is 26.2 Å². The normalized spacial score (nSPS) is 21.2. The Labute approximate surface area is 239 Å². The Kier molecular flexibility index (Phi) is 6.59. The number of carbonyl (C=O) groups excluding carboxylic acids is 3. The molecule has 3 heterocycles. The number of fused-ring (bicyclic) bond motifs is 2. The molecular weight excluding hydrogens is 514 g/mol. The number of likely N-dealkylation sites (tertiary alicyclic amines) is 1. The van der Waals surface area contributed by atoms with Crippen molar-refractivity contribution in [1.29, 1.82) is 0 Å². The summed E-state index contributed by atoms with van der Waals surface area (Å²) in [5.41, 5.74) is 6.04. The van der Waals surface area contributed by atoms with Gasteiger partial charge in [-0.25, -0.2) is 9.97 Å². The fourth-order valence-electron chi connectivity index (χ4n) is 6.55. The maximum Gasteiger partial charge on any atom is 0.245 e. The van der Waals surface area contributed by atoms with E-state index in [0.717, 1.165) is 28.6 Å². The Hall–Kier alpha value is -4.20. The molecule has 2 aromatic heterocycles. The van der Waals surface area contributed by atoms with Crippen molar-refractivity contribution in [1.82, 2.24) is 24.6 Å². The zero-order chi connectivity index (χ0) is 29.1. The largest absolute Gasteiger partial charge is 0.327 e. The Balaban J connectivity index is 1.28.